The number of aromatic carboxylic acids is 1. The first-order valence-corrected chi connectivity index (χ1v) is 6.40. The maximum Gasteiger partial charge on any atom is 0.337 e. The fourth-order valence-corrected chi connectivity index (χ4v) is 2.16. The van der Waals surface area contributed by atoms with Crippen molar-refractivity contribution in [3.63, 3.8) is 0 Å². The molecule has 1 heterocycles. The molecule has 2 aromatic carbocycles. The summed E-state index contributed by atoms with van der Waals surface area (Å²) in [4.78, 5) is 11.1. The van der Waals surface area contributed by atoms with Gasteiger partial charge >= 0.3 is 5.97 Å². The van der Waals surface area contributed by atoms with E-state index in [1.165, 1.54) is 0 Å². The van der Waals surface area contributed by atoms with E-state index in [1.807, 2.05) is 24.3 Å². The number of rotatable bonds is 3. The molecule has 2 N–H and O–H groups in total. The van der Waals surface area contributed by atoms with Crippen molar-refractivity contribution in [2.24, 2.45) is 0 Å². The standard InChI is InChI=1S/C14H9ClN4O2/c15-12-6-5-10(7-11(12)14(20)21)8-1-3-9(4-2-8)13-16-18-19-17-13/h1-7H,(H,20,21)(H,16,17,18,19). The highest BCUT2D eigenvalue weighted by Crippen LogP contribution is 2.26. The monoisotopic (exact) mass is 300 g/mol. The van der Waals surface area contributed by atoms with Gasteiger partial charge in [0.15, 0.2) is 0 Å². The quantitative estimate of drug-likeness (QED) is 0.776. The van der Waals surface area contributed by atoms with E-state index in [2.05, 4.69) is 20.6 Å². The van der Waals surface area contributed by atoms with Crippen LogP contribution < -0.4 is 0 Å². The molecule has 3 rings (SSSR count). The molecule has 0 radical (unpaired) electrons. The molecule has 1 aromatic heterocycles. The lowest BCUT2D eigenvalue weighted by Gasteiger charge is -2.05. The van der Waals surface area contributed by atoms with Crippen molar-refractivity contribution in [2.75, 3.05) is 0 Å². The van der Waals surface area contributed by atoms with E-state index >= 15 is 0 Å². The van der Waals surface area contributed by atoms with Gasteiger partial charge in [-0.05, 0) is 28.5 Å². The minimum absolute atomic E-state index is 0.0800. The maximum absolute atomic E-state index is 11.1. The molecule has 0 aliphatic heterocycles. The molecule has 0 amide bonds. The summed E-state index contributed by atoms with van der Waals surface area (Å²) < 4.78 is 0. The van der Waals surface area contributed by atoms with E-state index in [0.29, 0.717) is 5.82 Å². The Labute approximate surface area is 124 Å². The second kappa shape index (κ2) is 5.34. The van der Waals surface area contributed by atoms with Gasteiger partial charge in [0.05, 0.1) is 10.6 Å². The average Bonchev–Trinajstić information content (AvgIpc) is 3.02. The van der Waals surface area contributed by atoms with Crippen LogP contribution in [0.25, 0.3) is 22.5 Å². The molecule has 6 nitrogen and oxygen atoms in total. The van der Waals surface area contributed by atoms with Crippen LogP contribution in [0.3, 0.4) is 0 Å². The zero-order valence-electron chi connectivity index (χ0n) is 10.6. The lowest BCUT2D eigenvalue weighted by Crippen LogP contribution is -1.97. The fraction of sp³-hybridized carbons (Fsp3) is 0. The molecule has 0 unspecified atom stereocenters. The van der Waals surface area contributed by atoms with Gasteiger partial charge in [-0.3, -0.25) is 0 Å². The third-order valence-corrected chi connectivity index (χ3v) is 3.35. The second-order valence-corrected chi connectivity index (χ2v) is 4.72. The Hall–Kier alpha value is -2.73. The van der Waals surface area contributed by atoms with Crippen molar-refractivity contribution in [3.05, 3.63) is 53.1 Å². The number of benzene rings is 2. The first-order chi connectivity index (χ1) is 10.1. The number of aromatic amines is 1. The number of tetrazole rings is 1. The van der Waals surface area contributed by atoms with Gasteiger partial charge in [-0.1, -0.05) is 41.9 Å². The van der Waals surface area contributed by atoms with Crippen molar-refractivity contribution < 1.29 is 9.90 Å². The van der Waals surface area contributed by atoms with Crippen LogP contribution in [0, 0.1) is 0 Å². The molecule has 0 bridgehead atoms. The third-order valence-electron chi connectivity index (χ3n) is 3.02. The molecular formula is C14H9ClN4O2. The van der Waals surface area contributed by atoms with Gasteiger partial charge in [-0.15, -0.1) is 10.2 Å². The number of carboxylic acid groups (broad SMARTS) is 1. The molecule has 0 spiro atoms. The Balaban J connectivity index is 1.98. The summed E-state index contributed by atoms with van der Waals surface area (Å²) in [6.07, 6.45) is 0. The van der Waals surface area contributed by atoms with Crippen LogP contribution >= 0.6 is 11.6 Å². The van der Waals surface area contributed by atoms with Crippen LogP contribution in [0.5, 0.6) is 0 Å². The summed E-state index contributed by atoms with van der Waals surface area (Å²) in [5.74, 6) is -0.547. The van der Waals surface area contributed by atoms with Crippen LogP contribution in [0.2, 0.25) is 5.02 Å². The number of nitrogens with zero attached hydrogens (tertiary/aromatic N) is 3. The first-order valence-electron chi connectivity index (χ1n) is 6.02. The molecule has 21 heavy (non-hydrogen) atoms. The predicted octanol–water partition coefficient (Wildman–Crippen LogP) is 2.89. The number of H-pyrrole nitrogens is 1. The number of carbonyl (C=O) groups is 1. The van der Waals surface area contributed by atoms with Crippen molar-refractivity contribution in [3.8, 4) is 22.5 Å². The Morgan fingerprint density at radius 1 is 1.05 bits per heavy atom. The number of nitrogens with one attached hydrogen (secondary N) is 1. The Morgan fingerprint density at radius 3 is 2.33 bits per heavy atom. The van der Waals surface area contributed by atoms with Crippen LogP contribution in [-0.4, -0.2) is 31.7 Å². The lowest BCUT2D eigenvalue weighted by atomic mass is 10.0. The van der Waals surface area contributed by atoms with Gasteiger partial charge in [-0.2, -0.15) is 5.21 Å². The van der Waals surface area contributed by atoms with E-state index in [0.717, 1.165) is 16.7 Å². The second-order valence-electron chi connectivity index (χ2n) is 4.31. The van der Waals surface area contributed by atoms with Gasteiger partial charge in [0.2, 0.25) is 5.82 Å². The van der Waals surface area contributed by atoms with Crippen LogP contribution in [0.1, 0.15) is 10.4 Å². The molecule has 0 saturated heterocycles. The third kappa shape index (κ3) is 2.61. The number of aromatic nitrogens is 4. The van der Waals surface area contributed by atoms with E-state index < -0.39 is 5.97 Å². The molecule has 0 aliphatic rings. The smallest absolute Gasteiger partial charge is 0.337 e. The Kier molecular flexibility index (Phi) is 3.37. The molecule has 0 saturated carbocycles. The summed E-state index contributed by atoms with van der Waals surface area (Å²) in [5.41, 5.74) is 2.55. The Bertz CT molecular complexity index is 785. The largest absolute Gasteiger partial charge is 0.478 e. The van der Waals surface area contributed by atoms with Crippen molar-refractivity contribution >= 4 is 17.6 Å². The fourth-order valence-electron chi connectivity index (χ4n) is 1.96. The molecule has 0 aliphatic carbocycles. The minimum Gasteiger partial charge on any atom is -0.478 e. The maximum atomic E-state index is 11.1. The SMILES string of the molecule is O=C(O)c1cc(-c2ccc(-c3nn[nH]n3)cc2)ccc1Cl. The molecule has 0 fully saturated rings. The number of hydrogen-bond donors (Lipinski definition) is 2. The molecule has 0 atom stereocenters. The van der Waals surface area contributed by atoms with Crippen molar-refractivity contribution in [1.29, 1.82) is 0 Å². The number of halogens is 1. The van der Waals surface area contributed by atoms with Gasteiger partial charge in [0.1, 0.15) is 0 Å². The summed E-state index contributed by atoms with van der Waals surface area (Å²) >= 11 is 5.86. The van der Waals surface area contributed by atoms with Gasteiger partial charge in [0, 0.05) is 5.56 Å². The van der Waals surface area contributed by atoms with Gasteiger partial charge in [-0.25, -0.2) is 4.79 Å². The van der Waals surface area contributed by atoms with E-state index in [9.17, 15) is 4.79 Å². The zero-order valence-corrected chi connectivity index (χ0v) is 11.4. The highest BCUT2D eigenvalue weighted by atomic mass is 35.5. The number of carboxylic acids is 1. The van der Waals surface area contributed by atoms with Crippen molar-refractivity contribution in [2.45, 2.75) is 0 Å². The van der Waals surface area contributed by atoms with Crippen molar-refractivity contribution in [1.82, 2.24) is 20.6 Å². The predicted molar refractivity (Wildman–Crippen MR) is 77.0 cm³/mol. The van der Waals surface area contributed by atoms with Gasteiger partial charge < -0.3 is 5.11 Å². The topological polar surface area (TPSA) is 91.8 Å². The summed E-state index contributed by atoms with van der Waals surface area (Å²) in [7, 11) is 0. The Morgan fingerprint density at radius 2 is 1.71 bits per heavy atom. The van der Waals surface area contributed by atoms with E-state index in [-0.39, 0.29) is 10.6 Å². The zero-order chi connectivity index (χ0) is 14.8. The number of hydrogen-bond acceptors (Lipinski definition) is 4. The van der Waals surface area contributed by atoms with E-state index in [1.54, 1.807) is 18.2 Å². The van der Waals surface area contributed by atoms with Gasteiger partial charge in [0.25, 0.3) is 0 Å². The van der Waals surface area contributed by atoms with Crippen LogP contribution in [0.15, 0.2) is 42.5 Å². The summed E-state index contributed by atoms with van der Waals surface area (Å²) in [6.45, 7) is 0. The molecule has 7 heteroatoms. The molecular weight excluding hydrogens is 292 g/mol. The highest BCUT2D eigenvalue weighted by Gasteiger charge is 2.10. The summed E-state index contributed by atoms with van der Waals surface area (Å²) in [5, 5.41) is 23.0. The van der Waals surface area contributed by atoms with Crippen LogP contribution in [0.4, 0.5) is 0 Å². The molecule has 104 valence electrons. The summed E-state index contributed by atoms with van der Waals surface area (Å²) in [6, 6.07) is 12.3. The average molecular weight is 301 g/mol. The van der Waals surface area contributed by atoms with Crippen LogP contribution in [-0.2, 0) is 0 Å². The lowest BCUT2D eigenvalue weighted by molar-refractivity contribution is 0.0697. The normalized spacial score (nSPS) is 10.5. The molecule has 3 aromatic rings. The highest BCUT2D eigenvalue weighted by molar-refractivity contribution is 6.33. The first kappa shape index (κ1) is 13.3. The minimum atomic E-state index is -1.05. The van der Waals surface area contributed by atoms with E-state index in [4.69, 9.17) is 16.7 Å².